The summed E-state index contributed by atoms with van der Waals surface area (Å²) in [6, 6.07) is 21.7. The standard InChI is InChI=1S/C17H20N2O2.C17H21NO4.CH4/c1-17(12-18)7-14-9-19(10-15(14)8-17)16(20)21-11-13-5-3-2-4-6-13;1-17(15(19)20)7-13-9-18(10-14(13)8-17)16(21)22-11-12-5-3-2-4-6-12;/h2-6,14-15H,7-11H2,1H3;2-6,13-14H,7-11H2,1H3,(H,19,20);1H4/t14-,15+,17?;13-,14+,17?;. The van der Waals surface area contributed by atoms with E-state index in [2.05, 4.69) is 6.07 Å². The number of benzene rings is 2. The highest BCUT2D eigenvalue weighted by Crippen LogP contribution is 2.49. The summed E-state index contributed by atoms with van der Waals surface area (Å²) in [7, 11) is 0. The van der Waals surface area contributed by atoms with Crippen LogP contribution in [0.2, 0.25) is 0 Å². The first kappa shape index (κ1) is 32.8. The number of amides is 2. The Morgan fingerprint density at radius 1 is 0.750 bits per heavy atom. The van der Waals surface area contributed by atoms with E-state index in [1.165, 1.54) is 0 Å². The van der Waals surface area contributed by atoms with Crippen molar-refractivity contribution in [1.82, 2.24) is 9.80 Å². The van der Waals surface area contributed by atoms with Gasteiger partial charge in [-0.1, -0.05) is 68.1 Å². The molecule has 2 unspecified atom stereocenters. The molecule has 6 atom stereocenters. The molecular formula is C35H45N3O6. The van der Waals surface area contributed by atoms with E-state index in [0.29, 0.717) is 44.4 Å². The molecule has 2 heterocycles. The van der Waals surface area contributed by atoms with Crippen molar-refractivity contribution >= 4 is 18.2 Å². The number of hydrogen-bond donors (Lipinski definition) is 1. The molecule has 9 heteroatoms. The zero-order valence-corrected chi connectivity index (χ0v) is 25.0. The highest BCUT2D eigenvalue weighted by Gasteiger charge is 2.51. The number of likely N-dealkylation sites (tertiary alicyclic amines) is 2. The van der Waals surface area contributed by atoms with Gasteiger partial charge >= 0.3 is 18.2 Å². The number of hydrogen-bond acceptors (Lipinski definition) is 6. The van der Waals surface area contributed by atoms with E-state index in [9.17, 15) is 24.8 Å². The Kier molecular flexibility index (Phi) is 10.2. The number of rotatable bonds is 5. The first-order valence-electron chi connectivity index (χ1n) is 15.1. The lowest BCUT2D eigenvalue weighted by Gasteiger charge is -2.22. The number of carbonyl (C=O) groups is 3. The average molecular weight is 604 g/mol. The van der Waals surface area contributed by atoms with Gasteiger partial charge in [-0.25, -0.2) is 9.59 Å². The van der Waals surface area contributed by atoms with Crippen molar-refractivity contribution in [2.75, 3.05) is 26.2 Å². The third-order valence-electron chi connectivity index (χ3n) is 9.72. The lowest BCUT2D eigenvalue weighted by atomic mass is 9.87. The summed E-state index contributed by atoms with van der Waals surface area (Å²) < 4.78 is 10.7. The smallest absolute Gasteiger partial charge is 0.410 e. The predicted molar refractivity (Wildman–Crippen MR) is 165 cm³/mol. The molecule has 0 aromatic heterocycles. The molecular weight excluding hydrogens is 558 g/mol. The van der Waals surface area contributed by atoms with Gasteiger partial charge in [0.25, 0.3) is 0 Å². The van der Waals surface area contributed by atoms with Gasteiger partial charge in [-0.3, -0.25) is 4.79 Å². The molecule has 2 amide bonds. The molecule has 2 aromatic rings. The normalized spacial score (nSPS) is 29.8. The monoisotopic (exact) mass is 603 g/mol. The maximum atomic E-state index is 12.1. The molecule has 9 nitrogen and oxygen atoms in total. The van der Waals surface area contributed by atoms with Crippen LogP contribution in [0.3, 0.4) is 0 Å². The van der Waals surface area contributed by atoms with E-state index < -0.39 is 11.4 Å². The van der Waals surface area contributed by atoms with E-state index >= 15 is 0 Å². The second kappa shape index (κ2) is 13.7. The van der Waals surface area contributed by atoms with E-state index in [1.54, 1.807) is 9.80 Å². The van der Waals surface area contributed by atoms with Gasteiger partial charge in [-0.05, 0) is 74.3 Å². The van der Waals surface area contributed by atoms with Crippen molar-refractivity contribution in [3.63, 3.8) is 0 Å². The van der Waals surface area contributed by atoms with Crippen LogP contribution in [0.4, 0.5) is 9.59 Å². The molecule has 0 radical (unpaired) electrons. The second-order valence-corrected chi connectivity index (χ2v) is 13.3. The van der Waals surface area contributed by atoms with Gasteiger partial charge in [0.15, 0.2) is 0 Å². The fourth-order valence-corrected chi connectivity index (χ4v) is 7.47. The van der Waals surface area contributed by atoms with Crippen LogP contribution in [0, 0.1) is 45.8 Å². The summed E-state index contributed by atoms with van der Waals surface area (Å²) in [5.41, 5.74) is 1.14. The van der Waals surface area contributed by atoms with Gasteiger partial charge in [-0.2, -0.15) is 5.26 Å². The number of carboxylic acids is 1. The Labute approximate surface area is 260 Å². The van der Waals surface area contributed by atoms with Gasteiger partial charge in [0.05, 0.1) is 16.9 Å². The van der Waals surface area contributed by atoms with E-state index in [0.717, 1.165) is 37.1 Å². The van der Waals surface area contributed by atoms with Crippen molar-refractivity contribution in [3.05, 3.63) is 71.8 Å². The minimum atomic E-state index is -0.722. The van der Waals surface area contributed by atoms with Gasteiger partial charge in [0, 0.05) is 26.2 Å². The summed E-state index contributed by atoms with van der Waals surface area (Å²) in [6.07, 6.45) is 2.57. The van der Waals surface area contributed by atoms with Crippen LogP contribution in [-0.4, -0.2) is 59.2 Å². The Bertz CT molecular complexity index is 1320. The average Bonchev–Trinajstić information content (AvgIpc) is 3.74. The first-order chi connectivity index (χ1) is 20.6. The Morgan fingerprint density at radius 3 is 1.45 bits per heavy atom. The van der Waals surface area contributed by atoms with Crippen LogP contribution in [0.25, 0.3) is 0 Å². The van der Waals surface area contributed by atoms with E-state index in [-0.39, 0.29) is 43.5 Å². The van der Waals surface area contributed by atoms with Gasteiger partial charge in [-0.15, -0.1) is 0 Å². The molecule has 4 aliphatic rings. The highest BCUT2D eigenvalue weighted by molar-refractivity contribution is 5.75. The molecule has 4 fully saturated rings. The number of fused-ring (bicyclic) bond motifs is 2. The minimum absolute atomic E-state index is 0. The van der Waals surface area contributed by atoms with Crippen LogP contribution in [0.15, 0.2) is 60.7 Å². The molecule has 2 aliphatic heterocycles. The van der Waals surface area contributed by atoms with Crippen molar-refractivity contribution < 1.29 is 29.0 Å². The van der Waals surface area contributed by atoms with Gasteiger partial charge in [0.2, 0.25) is 0 Å². The predicted octanol–water partition coefficient (Wildman–Crippen LogP) is 6.59. The van der Waals surface area contributed by atoms with Crippen LogP contribution < -0.4 is 0 Å². The molecule has 2 aliphatic carbocycles. The van der Waals surface area contributed by atoms with Crippen LogP contribution in [0.1, 0.15) is 58.1 Å². The summed E-state index contributed by atoms with van der Waals surface area (Å²) in [4.78, 5) is 39.1. The fourth-order valence-electron chi connectivity index (χ4n) is 7.47. The summed E-state index contributed by atoms with van der Waals surface area (Å²) in [5.74, 6) is 0.758. The Morgan fingerprint density at radius 2 is 1.11 bits per heavy atom. The molecule has 0 bridgehead atoms. The zero-order chi connectivity index (χ0) is 30.6. The van der Waals surface area contributed by atoms with Gasteiger partial charge < -0.3 is 24.4 Å². The summed E-state index contributed by atoms with van der Waals surface area (Å²) in [6.45, 7) is 7.13. The van der Waals surface area contributed by atoms with Crippen LogP contribution in [0.5, 0.6) is 0 Å². The number of carboxylic acid groups (broad SMARTS) is 1. The third kappa shape index (κ3) is 7.53. The third-order valence-corrected chi connectivity index (χ3v) is 9.72. The molecule has 2 aromatic carbocycles. The number of nitriles is 1. The van der Waals surface area contributed by atoms with Crippen LogP contribution >= 0.6 is 0 Å². The number of nitrogens with zero attached hydrogens (tertiary/aromatic N) is 3. The summed E-state index contributed by atoms with van der Waals surface area (Å²) in [5, 5.41) is 18.5. The highest BCUT2D eigenvalue weighted by atomic mass is 16.6. The van der Waals surface area contributed by atoms with Crippen molar-refractivity contribution in [2.24, 2.45) is 34.5 Å². The molecule has 2 saturated carbocycles. The SMILES string of the molecule is C.CC1(C#N)C[C@H]2CN(C(=O)OCc3ccccc3)C[C@H]2C1.CC1(C(=O)O)C[C@H]2CN(C(=O)OCc3ccccc3)C[C@H]2C1. The second-order valence-electron chi connectivity index (χ2n) is 13.3. The Hall–Kier alpha value is -4.06. The quantitative estimate of drug-likeness (QED) is 0.410. The molecule has 44 heavy (non-hydrogen) atoms. The Balaban J connectivity index is 0.000000197. The fraction of sp³-hybridized carbons (Fsp3) is 0.543. The van der Waals surface area contributed by atoms with E-state index in [1.807, 2.05) is 74.5 Å². The first-order valence-corrected chi connectivity index (χ1v) is 15.1. The minimum Gasteiger partial charge on any atom is -0.481 e. The topological polar surface area (TPSA) is 120 Å². The maximum Gasteiger partial charge on any atom is 0.410 e. The molecule has 236 valence electrons. The zero-order valence-electron chi connectivity index (χ0n) is 25.0. The lowest BCUT2D eigenvalue weighted by Crippen LogP contribution is -2.33. The van der Waals surface area contributed by atoms with E-state index in [4.69, 9.17) is 9.47 Å². The number of carbonyl (C=O) groups excluding carboxylic acids is 2. The van der Waals surface area contributed by atoms with Crippen molar-refractivity contribution in [1.29, 1.82) is 5.26 Å². The van der Waals surface area contributed by atoms with Crippen LogP contribution in [-0.2, 0) is 27.5 Å². The number of aliphatic carboxylic acids is 1. The molecule has 2 saturated heterocycles. The summed E-state index contributed by atoms with van der Waals surface area (Å²) >= 11 is 0. The number of ether oxygens (including phenoxy) is 2. The maximum absolute atomic E-state index is 12.1. The largest absolute Gasteiger partial charge is 0.481 e. The van der Waals surface area contributed by atoms with Crippen molar-refractivity contribution in [2.45, 2.75) is 60.2 Å². The lowest BCUT2D eigenvalue weighted by molar-refractivity contribution is -0.147. The molecule has 0 spiro atoms. The molecule has 1 N–H and O–H groups in total. The van der Waals surface area contributed by atoms with Crippen molar-refractivity contribution in [3.8, 4) is 6.07 Å². The van der Waals surface area contributed by atoms with Gasteiger partial charge in [0.1, 0.15) is 13.2 Å². The molecule has 6 rings (SSSR count).